The maximum absolute atomic E-state index is 6.05. The van der Waals surface area contributed by atoms with Gasteiger partial charge in [0, 0.05) is 55.0 Å². The van der Waals surface area contributed by atoms with Crippen molar-refractivity contribution in [3.63, 3.8) is 0 Å². The van der Waals surface area contributed by atoms with Crippen LogP contribution in [0.3, 0.4) is 0 Å². The van der Waals surface area contributed by atoms with E-state index in [9.17, 15) is 0 Å². The lowest BCUT2D eigenvalue weighted by Gasteiger charge is -2.31. The number of rotatable bonds is 4. The molecule has 7 nitrogen and oxygen atoms in total. The van der Waals surface area contributed by atoms with Crippen molar-refractivity contribution in [2.45, 2.75) is 19.6 Å². The molecule has 0 bridgehead atoms. The van der Waals surface area contributed by atoms with Crippen LogP contribution in [0.4, 0.5) is 0 Å². The molecular weight excluding hydrogens is 364 g/mol. The lowest BCUT2D eigenvalue weighted by atomic mass is 10.1. The number of aromatic nitrogens is 5. The summed E-state index contributed by atoms with van der Waals surface area (Å²) in [4.78, 5) is 11.2. The monoisotopic (exact) mass is 386 g/mol. The van der Waals surface area contributed by atoms with Crippen LogP contribution < -0.4 is 0 Å². The van der Waals surface area contributed by atoms with Crippen LogP contribution in [0.1, 0.15) is 23.2 Å². The van der Waals surface area contributed by atoms with Crippen molar-refractivity contribution in [1.29, 1.82) is 0 Å². The molecule has 29 heavy (non-hydrogen) atoms. The van der Waals surface area contributed by atoms with E-state index < -0.39 is 0 Å². The fraction of sp³-hybridized carbons (Fsp3) is 0.273. The van der Waals surface area contributed by atoms with Gasteiger partial charge in [0.2, 0.25) is 0 Å². The van der Waals surface area contributed by atoms with Gasteiger partial charge in [-0.05, 0) is 31.2 Å². The summed E-state index contributed by atoms with van der Waals surface area (Å²) in [7, 11) is 0. The Balaban J connectivity index is 1.37. The highest BCUT2D eigenvalue weighted by Gasteiger charge is 2.26. The van der Waals surface area contributed by atoms with Gasteiger partial charge in [-0.15, -0.1) is 5.10 Å². The third-order valence-corrected chi connectivity index (χ3v) is 5.22. The summed E-state index contributed by atoms with van der Waals surface area (Å²) in [6.45, 7) is 5.16. The fourth-order valence-corrected chi connectivity index (χ4v) is 3.78. The number of aryl methyl sites for hydroxylation is 1. The number of pyridine rings is 3. The van der Waals surface area contributed by atoms with Gasteiger partial charge in [-0.3, -0.25) is 14.9 Å². The third-order valence-electron chi connectivity index (χ3n) is 5.22. The number of nitrogens with zero attached hydrogens (tertiary/aromatic N) is 6. The normalized spacial score (nSPS) is 17.6. The van der Waals surface area contributed by atoms with Gasteiger partial charge >= 0.3 is 0 Å². The molecule has 0 unspecified atom stereocenters. The topological polar surface area (TPSA) is 68.4 Å². The molecule has 0 amide bonds. The molecule has 1 aliphatic heterocycles. The van der Waals surface area contributed by atoms with E-state index in [2.05, 4.69) is 49.4 Å². The first-order chi connectivity index (χ1) is 14.3. The van der Waals surface area contributed by atoms with Gasteiger partial charge in [0.15, 0.2) is 0 Å². The molecule has 4 aromatic heterocycles. The molecule has 4 aromatic rings. The van der Waals surface area contributed by atoms with E-state index in [1.807, 2.05) is 42.0 Å². The molecule has 0 aromatic carbocycles. The number of hydrogen-bond acceptors (Lipinski definition) is 6. The van der Waals surface area contributed by atoms with E-state index >= 15 is 0 Å². The second-order valence-electron chi connectivity index (χ2n) is 7.33. The van der Waals surface area contributed by atoms with E-state index in [4.69, 9.17) is 4.74 Å². The average molecular weight is 386 g/mol. The third kappa shape index (κ3) is 3.74. The van der Waals surface area contributed by atoms with Crippen LogP contribution in [0.5, 0.6) is 0 Å². The molecule has 0 saturated carbocycles. The maximum Gasteiger partial charge on any atom is 0.121 e. The predicted octanol–water partition coefficient (Wildman–Crippen LogP) is 3.07. The Morgan fingerprint density at radius 1 is 1.10 bits per heavy atom. The minimum absolute atomic E-state index is 0.102. The van der Waals surface area contributed by atoms with Gasteiger partial charge in [0.25, 0.3) is 0 Å². The molecule has 5 heterocycles. The second-order valence-corrected chi connectivity index (χ2v) is 7.33. The summed E-state index contributed by atoms with van der Waals surface area (Å²) in [6, 6.07) is 14.3. The molecule has 7 heteroatoms. The Labute approximate surface area is 169 Å². The van der Waals surface area contributed by atoms with Gasteiger partial charge in [0.05, 0.1) is 17.8 Å². The lowest BCUT2D eigenvalue weighted by molar-refractivity contribution is -0.0346. The molecule has 0 N–H and O–H groups in total. The number of morpholine rings is 1. The minimum Gasteiger partial charge on any atom is -0.369 e. The minimum atomic E-state index is -0.102. The summed E-state index contributed by atoms with van der Waals surface area (Å²) >= 11 is 0. The van der Waals surface area contributed by atoms with E-state index in [1.165, 1.54) is 0 Å². The molecule has 0 spiro atoms. The first kappa shape index (κ1) is 17.9. The molecular formula is C22H22N6O. The maximum atomic E-state index is 6.05. The molecule has 1 saturated heterocycles. The Morgan fingerprint density at radius 3 is 2.93 bits per heavy atom. The predicted molar refractivity (Wildman–Crippen MR) is 109 cm³/mol. The standard InChI is InChI=1S/C22H22N6O/c1-16-4-2-6-19(24-16)14-27-10-11-29-21(15-27)22-20-8-7-18(13-28(20)26-25-22)17-5-3-9-23-12-17/h2-9,12-13,21H,10-11,14-15H2,1H3/t21-/m1/s1. The van der Waals surface area contributed by atoms with Crippen molar-refractivity contribution < 1.29 is 4.74 Å². The van der Waals surface area contributed by atoms with E-state index in [-0.39, 0.29) is 6.10 Å². The van der Waals surface area contributed by atoms with Crippen molar-refractivity contribution in [2.75, 3.05) is 19.7 Å². The molecule has 0 radical (unpaired) electrons. The van der Waals surface area contributed by atoms with E-state index in [0.29, 0.717) is 6.61 Å². The highest BCUT2D eigenvalue weighted by atomic mass is 16.5. The van der Waals surface area contributed by atoms with Crippen molar-refractivity contribution in [3.8, 4) is 11.1 Å². The van der Waals surface area contributed by atoms with Gasteiger partial charge in [-0.25, -0.2) is 4.52 Å². The Morgan fingerprint density at radius 2 is 2.07 bits per heavy atom. The zero-order valence-electron chi connectivity index (χ0n) is 16.3. The summed E-state index contributed by atoms with van der Waals surface area (Å²) in [5.41, 5.74) is 6.08. The first-order valence-electron chi connectivity index (χ1n) is 9.78. The summed E-state index contributed by atoms with van der Waals surface area (Å²) in [5, 5.41) is 8.78. The van der Waals surface area contributed by atoms with Gasteiger partial charge in [-0.1, -0.05) is 23.4 Å². The number of fused-ring (bicyclic) bond motifs is 1. The number of hydrogen-bond donors (Lipinski definition) is 0. The zero-order chi connectivity index (χ0) is 19.6. The molecule has 5 rings (SSSR count). The van der Waals surface area contributed by atoms with Crippen molar-refractivity contribution in [2.24, 2.45) is 0 Å². The van der Waals surface area contributed by atoms with Crippen LogP contribution in [0.25, 0.3) is 16.6 Å². The van der Waals surface area contributed by atoms with Crippen molar-refractivity contribution in [3.05, 3.63) is 78.1 Å². The van der Waals surface area contributed by atoms with Crippen molar-refractivity contribution >= 4 is 5.52 Å². The molecule has 1 aliphatic rings. The highest BCUT2D eigenvalue weighted by Crippen LogP contribution is 2.27. The quantitative estimate of drug-likeness (QED) is 0.537. The van der Waals surface area contributed by atoms with E-state index in [1.54, 1.807) is 6.20 Å². The summed E-state index contributed by atoms with van der Waals surface area (Å²) in [5.74, 6) is 0. The van der Waals surface area contributed by atoms with Crippen molar-refractivity contribution in [1.82, 2.24) is 29.7 Å². The van der Waals surface area contributed by atoms with Gasteiger partial charge < -0.3 is 4.74 Å². The average Bonchev–Trinajstić information content (AvgIpc) is 3.18. The smallest absolute Gasteiger partial charge is 0.121 e. The highest BCUT2D eigenvalue weighted by molar-refractivity contribution is 5.65. The van der Waals surface area contributed by atoms with Crippen LogP contribution in [-0.4, -0.2) is 49.4 Å². The fourth-order valence-electron chi connectivity index (χ4n) is 3.78. The Hall–Kier alpha value is -3.16. The molecule has 0 aliphatic carbocycles. The van der Waals surface area contributed by atoms with Gasteiger partial charge in [-0.2, -0.15) is 0 Å². The van der Waals surface area contributed by atoms with E-state index in [0.717, 1.165) is 53.4 Å². The second kappa shape index (κ2) is 7.69. The van der Waals surface area contributed by atoms with Crippen LogP contribution >= 0.6 is 0 Å². The SMILES string of the molecule is Cc1cccc(CN2CCO[C@@H](c3nnn4cc(-c5cccnc5)ccc34)C2)n1. The largest absolute Gasteiger partial charge is 0.369 e. The van der Waals surface area contributed by atoms with Crippen LogP contribution in [-0.2, 0) is 11.3 Å². The van der Waals surface area contributed by atoms with Crippen LogP contribution in [0.2, 0.25) is 0 Å². The summed E-state index contributed by atoms with van der Waals surface area (Å²) < 4.78 is 7.87. The lowest BCUT2D eigenvalue weighted by Crippen LogP contribution is -2.38. The summed E-state index contributed by atoms with van der Waals surface area (Å²) in [6.07, 6.45) is 5.50. The first-order valence-corrected chi connectivity index (χ1v) is 9.78. The Bertz CT molecular complexity index is 1130. The molecule has 1 fully saturated rings. The van der Waals surface area contributed by atoms with Crippen LogP contribution in [0.15, 0.2) is 61.1 Å². The van der Waals surface area contributed by atoms with Crippen LogP contribution in [0, 0.1) is 6.92 Å². The van der Waals surface area contributed by atoms with Gasteiger partial charge in [0.1, 0.15) is 11.8 Å². The zero-order valence-corrected chi connectivity index (χ0v) is 16.3. The molecule has 1 atom stereocenters. The Kier molecular flexibility index (Phi) is 4.75. The molecule has 146 valence electrons. The number of ether oxygens (including phenoxy) is 1.